The van der Waals surface area contributed by atoms with Crippen LogP contribution in [0.4, 0.5) is 10.6 Å². The van der Waals surface area contributed by atoms with Gasteiger partial charge in [0.05, 0.1) is 12.2 Å². The molecule has 0 radical (unpaired) electrons. The monoisotopic (exact) mass is 715 g/mol. The third kappa shape index (κ3) is 9.62. The maximum atomic E-state index is 13.1. The summed E-state index contributed by atoms with van der Waals surface area (Å²) in [6.45, 7) is 13.6. The van der Waals surface area contributed by atoms with Crippen LogP contribution in [0.2, 0.25) is 5.15 Å². The number of hydrogen-bond donors (Lipinski definition) is 2. The standard InChI is InChI=1S/C34H46ClN7O6S/c1-32(2,3)48-31(44)41-22-23(21-33(41,4)5)9-8-18-36-25-10-7-11-28(37-25)49(45,46)40-30(43)24-12-13-26(38-29(24)35)42-19-14-27(39-42)47-20-17-34(6)15-16-34/h7,10-14,19,23H,8-9,15-18,20-22H2,1-6H3,(H,36,37)(H,40,43). The third-order valence-corrected chi connectivity index (χ3v) is 10.4. The molecule has 49 heavy (non-hydrogen) atoms. The Balaban J connectivity index is 1.12. The predicted molar refractivity (Wildman–Crippen MR) is 186 cm³/mol. The highest BCUT2D eigenvalue weighted by molar-refractivity contribution is 7.90. The summed E-state index contributed by atoms with van der Waals surface area (Å²) in [6, 6.07) is 9.12. The lowest BCUT2D eigenvalue weighted by atomic mass is 9.93. The molecule has 1 saturated heterocycles. The zero-order chi connectivity index (χ0) is 35.6. The molecule has 2 fully saturated rings. The van der Waals surface area contributed by atoms with E-state index in [1.165, 1.54) is 35.7 Å². The van der Waals surface area contributed by atoms with E-state index in [1.807, 2.05) is 39.3 Å². The fourth-order valence-corrected chi connectivity index (χ4v) is 6.99. The molecule has 3 aromatic rings. The van der Waals surface area contributed by atoms with E-state index in [-0.39, 0.29) is 27.4 Å². The molecule has 0 spiro atoms. The van der Waals surface area contributed by atoms with Crippen LogP contribution in [0.5, 0.6) is 5.88 Å². The number of pyridine rings is 2. The number of anilines is 1. The van der Waals surface area contributed by atoms with Crippen molar-refractivity contribution >= 4 is 39.4 Å². The topological polar surface area (TPSA) is 158 Å². The number of sulfonamides is 1. The average molecular weight is 716 g/mol. The molecule has 3 aromatic heterocycles. The Kier molecular flexibility index (Phi) is 10.5. The number of carbonyl (C=O) groups is 2. The lowest BCUT2D eigenvalue weighted by Gasteiger charge is -2.33. The molecule has 1 aliphatic carbocycles. The minimum Gasteiger partial charge on any atom is -0.477 e. The van der Waals surface area contributed by atoms with Crippen LogP contribution in [-0.4, -0.2) is 75.9 Å². The molecule has 266 valence electrons. The summed E-state index contributed by atoms with van der Waals surface area (Å²) in [5.74, 6) is 0.508. The second-order valence-electron chi connectivity index (χ2n) is 14.9. The maximum absolute atomic E-state index is 13.1. The largest absolute Gasteiger partial charge is 0.477 e. The molecule has 1 saturated carbocycles. The van der Waals surface area contributed by atoms with E-state index >= 15 is 0 Å². The highest BCUT2D eigenvalue weighted by atomic mass is 35.5. The highest BCUT2D eigenvalue weighted by Crippen LogP contribution is 2.48. The number of nitrogens with one attached hydrogen (secondary N) is 2. The summed E-state index contributed by atoms with van der Waals surface area (Å²) in [5.41, 5.74) is -0.603. The van der Waals surface area contributed by atoms with Crippen molar-refractivity contribution in [2.45, 2.75) is 96.2 Å². The van der Waals surface area contributed by atoms with E-state index in [9.17, 15) is 18.0 Å². The molecule has 5 rings (SSSR count). The van der Waals surface area contributed by atoms with Crippen LogP contribution in [0.25, 0.3) is 5.82 Å². The molecule has 4 heterocycles. The number of amides is 2. The molecule has 2 aliphatic rings. The van der Waals surface area contributed by atoms with Crippen LogP contribution in [0.1, 0.15) is 90.4 Å². The number of nitrogens with zero attached hydrogens (tertiary/aromatic N) is 5. The van der Waals surface area contributed by atoms with Gasteiger partial charge >= 0.3 is 6.09 Å². The summed E-state index contributed by atoms with van der Waals surface area (Å²) >= 11 is 6.31. The average Bonchev–Trinajstić information content (AvgIpc) is 3.40. The number of ether oxygens (including phenoxy) is 2. The molecule has 2 amide bonds. The quantitative estimate of drug-likeness (QED) is 0.154. The Morgan fingerprint density at radius 3 is 2.53 bits per heavy atom. The van der Waals surface area contributed by atoms with Gasteiger partial charge < -0.3 is 19.7 Å². The lowest BCUT2D eigenvalue weighted by molar-refractivity contribution is 0.0130. The summed E-state index contributed by atoms with van der Waals surface area (Å²) in [6.07, 6.45) is 7.27. The number of aromatic nitrogens is 4. The van der Waals surface area contributed by atoms with Crippen LogP contribution < -0.4 is 14.8 Å². The minimum absolute atomic E-state index is 0.120. The first-order chi connectivity index (χ1) is 22.9. The van der Waals surface area contributed by atoms with E-state index in [0.29, 0.717) is 48.5 Å². The number of hydrogen-bond acceptors (Lipinski definition) is 10. The molecular formula is C34H46ClN7O6S. The van der Waals surface area contributed by atoms with Crippen LogP contribution >= 0.6 is 11.6 Å². The van der Waals surface area contributed by atoms with Gasteiger partial charge in [-0.05, 0) is 109 Å². The van der Waals surface area contributed by atoms with Crippen LogP contribution in [-0.2, 0) is 14.8 Å². The van der Waals surface area contributed by atoms with Gasteiger partial charge in [0, 0.05) is 30.9 Å². The van der Waals surface area contributed by atoms with Crippen molar-refractivity contribution in [2.75, 3.05) is 25.0 Å². The van der Waals surface area contributed by atoms with Gasteiger partial charge in [0.25, 0.3) is 15.9 Å². The Bertz CT molecular complexity index is 1780. The first-order valence-electron chi connectivity index (χ1n) is 16.6. The van der Waals surface area contributed by atoms with Crippen LogP contribution in [0.15, 0.2) is 47.6 Å². The summed E-state index contributed by atoms with van der Waals surface area (Å²) in [7, 11) is -4.33. The summed E-state index contributed by atoms with van der Waals surface area (Å²) in [4.78, 5) is 36.0. The predicted octanol–water partition coefficient (Wildman–Crippen LogP) is 6.23. The summed E-state index contributed by atoms with van der Waals surface area (Å²) < 4.78 is 41.1. The van der Waals surface area contributed by atoms with Gasteiger partial charge in [-0.15, -0.1) is 5.10 Å². The fourth-order valence-electron chi connectivity index (χ4n) is 5.82. The Hall–Kier alpha value is -3.91. The molecule has 1 aliphatic heterocycles. The smallest absolute Gasteiger partial charge is 0.410 e. The van der Waals surface area contributed by atoms with Gasteiger partial charge in [-0.25, -0.2) is 24.2 Å². The van der Waals surface area contributed by atoms with Crippen molar-refractivity contribution in [1.29, 1.82) is 0 Å². The minimum atomic E-state index is -4.33. The SMILES string of the molecule is CC1(CCOc2ccn(-c3ccc(C(=O)NS(=O)(=O)c4cccc(NCCCC5CN(C(=O)OC(C)(C)C)C(C)(C)C5)n4)c(Cl)n3)n2)CC1. The Morgan fingerprint density at radius 1 is 1.08 bits per heavy atom. The Labute approximate surface area is 293 Å². The van der Waals surface area contributed by atoms with Gasteiger partial charge in [0.1, 0.15) is 16.6 Å². The molecular weight excluding hydrogens is 670 g/mol. The zero-order valence-electron chi connectivity index (χ0n) is 29.0. The van der Waals surface area contributed by atoms with Crippen LogP contribution in [0.3, 0.4) is 0 Å². The van der Waals surface area contributed by atoms with Crippen molar-refractivity contribution in [1.82, 2.24) is 29.4 Å². The second-order valence-corrected chi connectivity index (χ2v) is 16.8. The molecule has 0 aromatic carbocycles. The van der Waals surface area contributed by atoms with E-state index in [2.05, 4.69) is 27.3 Å². The van der Waals surface area contributed by atoms with E-state index in [4.69, 9.17) is 21.1 Å². The normalized spacial score (nSPS) is 18.2. The second kappa shape index (κ2) is 14.1. The fraction of sp³-hybridized carbons (Fsp3) is 0.559. The van der Waals surface area contributed by atoms with Crippen molar-refractivity contribution in [3.05, 3.63) is 53.3 Å². The van der Waals surface area contributed by atoms with Crippen molar-refractivity contribution in [3.63, 3.8) is 0 Å². The molecule has 0 bridgehead atoms. The van der Waals surface area contributed by atoms with E-state index < -0.39 is 21.5 Å². The molecule has 15 heteroatoms. The highest BCUT2D eigenvalue weighted by Gasteiger charge is 2.42. The van der Waals surface area contributed by atoms with Crippen LogP contribution in [0, 0.1) is 11.3 Å². The molecule has 2 N–H and O–H groups in total. The molecule has 13 nitrogen and oxygen atoms in total. The van der Waals surface area contributed by atoms with Crippen molar-refractivity contribution in [2.24, 2.45) is 11.3 Å². The van der Waals surface area contributed by atoms with Gasteiger partial charge in [0.2, 0.25) is 5.88 Å². The first-order valence-corrected chi connectivity index (χ1v) is 18.4. The number of rotatable bonds is 13. The summed E-state index contributed by atoms with van der Waals surface area (Å²) in [5, 5.41) is 7.01. The van der Waals surface area contributed by atoms with Gasteiger partial charge in [0.15, 0.2) is 10.8 Å². The Morgan fingerprint density at radius 2 is 1.84 bits per heavy atom. The van der Waals surface area contributed by atoms with Gasteiger partial charge in [-0.2, -0.15) is 8.42 Å². The maximum Gasteiger partial charge on any atom is 0.410 e. The first kappa shape index (κ1) is 36.4. The van der Waals surface area contributed by atoms with Gasteiger partial charge in [-0.1, -0.05) is 24.6 Å². The number of likely N-dealkylation sites (tertiary alicyclic amines) is 1. The number of carbonyl (C=O) groups excluding carboxylic acids is 2. The zero-order valence-corrected chi connectivity index (χ0v) is 30.5. The molecule has 1 atom stereocenters. The van der Waals surface area contributed by atoms with E-state index in [0.717, 1.165) is 25.7 Å². The van der Waals surface area contributed by atoms with Crippen molar-refractivity contribution < 1.29 is 27.5 Å². The van der Waals surface area contributed by atoms with E-state index in [1.54, 1.807) is 29.3 Å². The van der Waals surface area contributed by atoms with Gasteiger partial charge in [-0.3, -0.25) is 4.79 Å². The lowest BCUT2D eigenvalue weighted by Crippen LogP contribution is -2.45. The van der Waals surface area contributed by atoms with Crippen molar-refractivity contribution in [3.8, 4) is 11.7 Å². The number of halogens is 1. The third-order valence-electron chi connectivity index (χ3n) is 8.83. The molecule has 1 unspecified atom stereocenters.